The van der Waals surface area contributed by atoms with Crippen LogP contribution in [0.4, 0.5) is 15.9 Å². The smallest absolute Gasteiger partial charge is 0.204 e. The SMILES string of the molecule is [C-]#[N+]c1ccn(-c2ccc(-c3cc(CNc4ccon4)on3)cc2F)c1. The summed E-state index contributed by atoms with van der Waals surface area (Å²) in [6.45, 7) is 7.36. The Balaban J connectivity index is 1.53. The number of anilines is 1. The van der Waals surface area contributed by atoms with E-state index in [0.717, 1.165) is 0 Å². The molecule has 0 aliphatic heterocycles. The molecule has 26 heavy (non-hydrogen) atoms. The highest BCUT2D eigenvalue weighted by Gasteiger charge is 2.11. The summed E-state index contributed by atoms with van der Waals surface area (Å²) < 4.78 is 26.0. The van der Waals surface area contributed by atoms with Gasteiger partial charge in [-0.1, -0.05) is 16.4 Å². The van der Waals surface area contributed by atoms with Gasteiger partial charge in [0.05, 0.1) is 18.8 Å². The quantitative estimate of drug-likeness (QED) is 0.540. The molecule has 4 aromatic rings. The number of rotatable bonds is 5. The first-order valence-corrected chi connectivity index (χ1v) is 7.68. The number of halogens is 1. The molecule has 0 unspecified atom stereocenters. The monoisotopic (exact) mass is 349 g/mol. The van der Waals surface area contributed by atoms with Crippen molar-refractivity contribution in [3.8, 4) is 16.9 Å². The van der Waals surface area contributed by atoms with Gasteiger partial charge in [0, 0.05) is 23.9 Å². The fourth-order valence-corrected chi connectivity index (χ4v) is 2.49. The van der Waals surface area contributed by atoms with Crippen molar-refractivity contribution < 1.29 is 13.4 Å². The zero-order valence-electron chi connectivity index (χ0n) is 13.4. The summed E-state index contributed by atoms with van der Waals surface area (Å²) in [5.41, 5.74) is 1.94. The van der Waals surface area contributed by atoms with Gasteiger partial charge in [-0.15, -0.1) is 0 Å². The largest absolute Gasteiger partial charge is 0.363 e. The van der Waals surface area contributed by atoms with Gasteiger partial charge in [0.15, 0.2) is 11.6 Å². The fraction of sp³-hybridized carbons (Fsp3) is 0.0556. The second-order valence-corrected chi connectivity index (χ2v) is 5.47. The summed E-state index contributed by atoms with van der Waals surface area (Å²) >= 11 is 0. The Kier molecular flexibility index (Phi) is 3.95. The van der Waals surface area contributed by atoms with Crippen molar-refractivity contribution in [2.24, 2.45) is 0 Å². The van der Waals surface area contributed by atoms with Crippen LogP contribution in [0.1, 0.15) is 5.76 Å². The molecule has 128 valence electrons. The zero-order chi connectivity index (χ0) is 17.9. The van der Waals surface area contributed by atoms with E-state index in [1.165, 1.54) is 12.3 Å². The van der Waals surface area contributed by atoms with E-state index in [-0.39, 0.29) is 0 Å². The minimum Gasteiger partial charge on any atom is -0.363 e. The van der Waals surface area contributed by atoms with Gasteiger partial charge in [0.25, 0.3) is 0 Å². The zero-order valence-corrected chi connectivity index (χ0v) is 13.4. The van der Waals surface area contributed by atoms with Gasteiger partial charge in [0.1, 0.15) is 17.8 Å². The number of benzene rings is 1. The molecule has 8 heteroatoms. The first-order chi connectivity index (χ1) is 12.7. The molecule has 1 N–H and O–H groups in total. The first-order valence-electron chi connectivity index (χ1n) is 7.68. The van der Waals surface area contributed by atoms with E-state index in [0.29, 0.717) is 40.8 Å². The topological polar surface area (TPSA) is 73.4 Å². The van der Waals surface area contributed by atoms with Crippen molar-refractivity contribution in [3.63, 3.8) is 0 Å². The highest BCUT2D eigenvalue weighted by Crippen LogP contribution is 2.25. The molecule has 4 rings (SSSR count). The van der Waals surface area contributed by atoms with Crippen molar-refractivity contribution in [1.29, 1.82) is 0 Å². The van der Waals surface area contributed by atoms with Crippen molar-refractivity contribution in [2.75, 3.05) is 5.32 Å². The molecule has 0 spiro atoms. The Morgan fingerprint density at radius 2 is 2.12 bits per heavy atom. The molecular weight excluding hydrogens is 337 g/mol. The van der Waals surface area contributed by atoms with E-state index in [9.17, 15) is 4.39 Å². The van der Waals surface area contributed by atoms with Crippen LogP contribution in [0.15, 0.2) is 64.1 Å². The fourth-order valence-electron chi connectivity index (χ4n) is 2.49. The number of hydrogen-bond acceptors (Lipinski definition) is 5. The Morgan fingerprint density at radius 3 is 2.85 bits per heavy atom. The van der Waals surface area contributed by atoms with Gasteiger partial charge in [-0.25, -0.2) is 9.24 Å². The third kappa shape index (κ3) is 3.06. The second kappa shape index (κ2) is 6.57. The second-order valence-electron chi connectivity index (χ2n) is 5.47. The minimum atomic E-state index is -0.417. The maximum atomic E-state index is 14.5. The number of hydrogen-bond donors (Lipinski definition) is 1. The summed E-state index contributed by atoms with van der Waals surface area (Å²) in [5.74, 6) is 0.753. The predicted molar refractivity (Wildman–Crippen MR) is 91.3 cm³/mol. The van der Waals surface area contributed by atoms with E-state index in [4.69, 9.17) is 15.6 Å². The molecule has 0 atom stereocenters. The summed E-state index contributed by atoms with van der Waals surface area (Å²) in [6.07, 6.45) is 4.69. The molecule has 0 radical (unpaired) electrons. The van der Waals surface area contributed by atoms with Crippen LogP contribution in [0.2, 0.25) is 0 Å². The molecule has 0 aliphatic rings. The lowest BCUT2D eigenvalue weighted by molar-refractivity contribution is 0.389. The highest BCUT2D eigenvalue weighted by molar-refractivity contribution is 5.61. The molecular formula is C18H12FN5O2. The van der Waals surface area contributed by atoms with Gasteiger partial charge in [0.2, 0.25) is 5.69 Å². The van der Waals surface area contributed by atoms with Gasteiger partial charge >= 0.3 is 0 Å². The van der Waals surface area contributed by atoms with Crippen molar-refractivity contribution in [1.82, 2.24) is 14.9 Å². The minimum absolute atomic E-state index is 0.361. The number of nitrogens with one attached hydrogen (secondary N) is 1. The lowest BCUT2D eigenvalue weighted by Gasteiger charge is -2.06. The van der Waals surface area contributed by atoms with E-state index in [2.05, 4.69) is 20.5 Å². The number of aromatic nitrogens is 3. The summed E-state index contributed by atoms with van der Waals surface area (Å²) in [4.78, 5) is 3.32. The van der Waals surface area contributed by atoms with Crippen LogP contribution in [0, 0.1) is 12.4 Å². The maximum absolute atomic E-state index is 14.5. The van der Waals surface area contributed by atoms with Crippen LogP contribution >= 0.6 is 0 Å². The molecule has 3 aromatic heterocycles. The molecule has 0 saturated carbocycles. The first kappa shape index (κ1) is 15.7. The molecule has 3 heterocycles. The predicted octanol–water partition coefficient (Wildman–Crippen LogP) is 4.42. The molecule has 0 saturated heterocycles. The van der Waals surface area contributed by atoms with E-state index in [1.54, 1.807) is 47.3 Å². The van der Waals surface area contributed by atoms with Gasteiger partial charge < -0.3 is 18.9 Å². The third-order valence-corrected chi connectivity index (χ3v) is 3.77. The van der Waals surface area contributed by atoms with E-state index >= 15 is 0 Å². The maximum Gasteiger partial charge on any atom is 0.204 e. The van der Waals surface area contributed by atoms with Crippen LogP contribution in [-0.4, -0.2) is 14.9 Å². The standard InChI is InChI=1S/C18H12FN5O2/c1-20-13-4-6-24(11-13)17-3-2-12(8-15(17)19)16-9-14(26-22-16)10-21-18-5-7-25-23-18/h2-9,11H,10H2,(H,21,23). The van der Waals surface area contributed by atoms with Crippen molar-refractivity contribution in [3.05, 3.63) is 78.0 Å². The summed E-state index contributed by atoms with van der Waals surface area (Å²) in [7, 11) is 0. The van der Waals surface area contributed by atoms with Crippen LogP contribution in [0.3, 0.4) is 0 Å². The molecule has 1 aromatic carbocycles. The molecule has 0 aliphatic carbocycles. The van der Waals surface area contributed by atoms with Crippen LogP contribution in [0.25, 0.3) is 21.8 Å². The molecule has 7 nitrogen and oxygen atoms in total. The Hall–Kier alpha value is -3.86. The van der Waals surface area contributed by atoms with E-state index < -0.39 is 5.82 Å². The molecule has 0 fully saturated rings. The average molecular weight is 349 g/mol. The Bertz CT molecular complexity index is 1080. The summed E-state index contributed by atoms with van der Waals surface area (Å²) in [5, 5.41) is 10.7. The van der Waals surface area contributed by atoms with Crippen molar-refractivity contribution >= 4 is 11.5 Å². The average Bonchev–Trinajstić information content (AvgIpc) is 3.40. The highest BCUT2D eigenvalue weighted by atomic mass is 19.1. The lowest BCUT2D eigenvalue weighted by Crippen LogP contribution is -1.97. The Labute approximate surface area is 147 Å². The lowest BCUT2D eigenvalue weighted by atomic mass is 10.1. The van der Waals surface area contributed by atoms with Crippen LogP contribution in [-0.2, 0) is 6.54 Å². The normalized spacial score (nSPS) is 10.6. The van der Waals surface area contributed by atoms with Gasteiger partial charge in [-0.2, -0.15) is 0 Å². The van der Waals surface area contributed by atoms with Crippen LogP contribution < -0.4 is 5.32 Å². The van der Waals surface area contributed by atoms with Gasteiger partial charge in [-0.3, -0.25) is 0 Å². The van der Waals surface area contributed by atoms with Crippen LogP contribution in [0.5, 0.6) is 0 Å². The number of nitrogens with zero attached hydrogens (tertiary/aromatic N) is 4. The summed E-state index contributed by atoms with van der Waals surface area (Å²) in [6, 6.07) is 9.83. The third-order valence-electron chi connectivity index (χ3n) is 3.77. The van der Waals surface area contributed by atoms with E-state index in [1.807, 2.05) is 0 Å². The molecule has 0 bridgehead atoms. The Morgan fingerprint density at radius 1 is 1.19 bits per heavy atom. The van der Waals surface area contributed by atoms with Crippen molar-refractivity contribution in [2.45, 2.75) is 6.54 Å². The van der Waals surface area contributed by atoms with Gasteiger partial charge in [-0.05, 0) is 24.4 Å². The molecule has 0 amide bonds.